The molecule has 1 saturated carbocycles. The van der Waals surface area contributed by atoms with Crippen molar-refractivity contribution in [3.8, 4) is 11.5 Å². The number of nitrogens with one attached hydrogen (secondary N) is 1. The van der Waals surface area contributed by atoms with E-state index in [0.717, 1.165) is 37.3 Å². The van der Waals surface area contributed by atoms with Crippen LogP contribution in [0.25, 0.3) is 0 Å². The van der Waals surface area contributed by atoms with Crippen LogP contribution in [0.15, 0.2) is 18.2 Å². The number of rotatable bonds is 4. The van der Waals surface area contributed by atoms with E-state index in [1.807, 2.05) is 6.07 Å². The maximum absolute atomic E-state index is 11.6. The number of carbonyl (C=O) groups is 1. The average Bonchev–Trinajstić information content (AvgIpc) is 3.00. The molecule has 1 heterocycles. The molecule has 0 aromatic heterocycles. The SMILES string of the molecule is COc1ccc(C2CCNC(=O)C2)cc1OC1CCCC1. The van der Waals surface area contributed by atoms with Crippen molar-refractivity contribution in [1.29, 1.82) is 0 Å². The molecule has 1 atom stereocenters. The highest BCUT2D eigenvalue weighted by molar-refractivity contribution is 5.77. The fourth-order valence-electron chi connectivity index (χ4n) is 3.29. The standard InChI is InChI=1S/C17H23NO3/c1-20-15-7-6-12(13-8-9-18-17(19)11-13)10-16(15)21-14-4-2-3-5-14/h6-7,10,13-14H,2-5,8-9,11H2,1H3,(H,18,19). The normalized spacial score (nSPS) is 22.9. The Morgan fingerprint density at radius 2 is 1.95 bits per heavy atom. The van der Waals surface area contributed by atoms with Crippen molar-refractivity contribution in [1.82, 2.24) is 5.32 Å². The smallest absolute Gasteiger partial charge is 0.220 e. The van der Waals surface area contributed by atoms with Gasteiger partial charge in [0.05, 0.1) is 13.2 Å². The highest BCUT2D eigenvalue weighted by atomic mass is 16.5. The molecule has 1 aromatic rings. The minimum absolute atomic E-state index is 0.139. The lowest BCUT2D eigenvalue weighted by atomic mass is 9.89. The third kappa shape index (κ3) is 3.31. The number of carbonyl (C=O) groups excluding carboxylic acids is 1. The van der Waals surface area contributed by atoms with Gasteiger partial charge >= 0.3 is 0 Å². The summed E-state index contributed by atoms with van der Waals surface area (Å²) in [6.45, 7) is 0.758. The van der Waals surface area contributed by atoms with Gasteiger partial charge in [-0.1, -0.05) is 6.07 Å². The van der Waals surface area contributed by atoms with Crippen LogP contribution in [-0.2, 0) is 4.79 Å². The van der Waals surface area contributed by atoms with E-state index in [9.17, 15) is 4.79 Å². The molecular weight excluding hydrogens is 266 g/mol. The van der Waals surface area contributed by atoms with Crippen LogP contribution in [0, 0.1) is 0 Å². The Balaban J connectivity index is 1.79. The van der Waals surface area contributed by atoms with E-state index < -0.39 is 0 Å². The van der Waals surface area contributed by atoms with Gasteiger partial charge in [0.25, 0.3) is 0 Å². The fourth-order valence-corrected chi connectivity index (χ4v) is 3.29. The number of benzene rings is 1. The average molecular weight is 289 g/mol. The van der Waals surface area contributed by atoms with Crippen molar-refractivity contribution >= 4 is 5.91 Å². The number of ether oxygens (including phenoxy) is 2. The molecule has 0 spiro atoms. The topological polar surface area (TPSA) is 47.6 Å². The Morgan fingerprint density at radius 3 is 2.67 bits per heavy atom. The Morgan fingerprint density at radius 1 is 1.14 bits per heavy atom. The number of amides is 1. The predicted molar refractivity (Wildman–Crippen MR) is 80.9 cm³/mol. The summed E-state index contributed by atoms with van der Waals surface area (Å²) in [5.74, 6) is 2.04. The largest absolute Gasteiger partial charge is 0.493 e. The van der Waals surface area contributed by atoms with Crippen LogP contribution in [0.1, 0.15) is 50.0 Å². The van der Waals surface area contributed by atoms with E-state index in [-0.39, 0.29) is 11.8 Å². The first-order valence-electron chi connectivity index (χ1n) is 7.87. The molecule has 1 N–H and O–H groups in total. The summed E-state index contributed by atoms with van der Waals surface area (Å²) in [5.41, 5.74) is 1.18. The highest BCUT2D eigenvalue weighted by Gasteiger charge is 2.23. The van der Waals surface area contributed by atoms with Gasteiger partial charge < -0.3 is 14.8 Å². The summed E-state index contributed by atoms with van der Waals surface area (Å²) >= 11 is 0. The van der Waals surface area contributed by atoms with E-state index in [1.165, 1.54) is 18.4 Å². The van der Waals surface area contributed by atoms with Crippen LogP contribution in [0.3, 0.4) is 0 Å². The lowest BCUT2D eigenvalue weighted by Gasteiger charge is -2.24. The molecule has 2 aliphatic rings. The summed E-state index contributed by atoms with van der Waals surface area (Å²) in [6.07, 6.45) is 6.60. The van der Waals surface area contributed by atoms with Crippen molar-refractivity contribution in [2.45, 2.75) is 50.5 Å². The van der Waals surface area contributed by atoms with Gasteiger partial charge in [0.15, 0.2) is 11.5 Å². The van der Waals surface area contributed by atoms with Crippen LogP contribution in [-0.4, -0.2) is 25.7 Å². The second-order valence-electron chi connectivity index (χ2n) is 5.97. The molecule has 1 amide bonds. The van der Waals surface area contributed by atoms with Gasteiger partial charge in [0, 0.05) is 13.0 Å². The van der Waals surface area contributed by atoms with Gasteiger partial charge in [-0.2, -0.15) is 0 Å². The molecule has 2 fully saturated rings. The maximum Gasteiger partial charge on any atom is 0.220 e. The zero-order chi connectivity index (χ0) is 14.7. The first-order valence-corrected chi connectivity index (χ1v) is 7.87. The van der Waals surface area contributed by atoms with Crippen LogP contribution in [0.5, 0.6) is 11.5 Å². The number of hydrogen-bond donors (Lipinski definition) is 1. The quantitative estimate of drug-likeness (QED) is 0.927. The summed E-state index contributed by atoms with van der Waals surface area (Å²) < 4.78 is 11.5. The van der Waals surface area contributed by atoms with Gasteiger partial charge in [-0.15, -0.1) is 0 Å². The minimum atomic E-state index is 0.139. The Bertz CT molecular complexity index is 509. The Kier molecular flexibility index (Phi) is 4.32. The van der Waals surface area contributed by atoms with Gasteiger partial charge in [0.1, 0.15) is 0 Å². The third-order valence-electron chi connectivity index (χ3n) is 4.50. The number of piperidine rings is 1. The molecule has 1 aromatic carbocycles. The lowest BCUT2D eigenvalue weighted by molar-refractivity contribution is -0.122. The summed E-state index contributed by atoms with van der Waals surface area (Å²) in [5, 5.41) is 2.88. The maximum atomic E-state index is 11.6. The molecule has 1 saturated heterocycles. The molecule has 0 bridgehead atoms. The monoisotopic (exact) mass is 289 g/mol. The molecule has 4 nitrogen and oxygen atoms in total. The van der Waals surface area contributed by atoms with Crippen LogP contribution < -0.4 is 14.8 Å². The number of methoxy groups -OCH3 is 1. The van der Waals surface area contributed by atoms with Crippen molar-refractivity contribution in [2.24, 2.45) is 0 Å². The Labute approximate surface area is 125 Å². The van der Waals surface area contributed by atoms with Gasteiger partial charge in [-0.25, -0.2) is 0 Å². The van der Waals surface area contributed by atoms with Crippen LogP contribution >= 0.6 is 0 Å². The molecule has 114 valence electrons. The summed E-state index contributed by atoms with van der Waals surface area (Å²) in [7, 11) is 1.67. The van der Waals surface area contributed by atoms with Gasteiger partial charge in [-0.05, 0) is 55.7 Å². The van der Waals surface area contributed by atoms with Crippen molar-refractivity contribution in [2.75, 3.05) is 13.7 Å². The molecular formula is C17H23NO3. The van der Waals surface area contributed by atoms with E-state index in [0.29, 0.717) is 12.5 Å². The van der Waals surface area contributed by atoms with Crippen molar-refractivity contribution in [3.63, 3.8) is 0 Å². The zero-order valence-electron chi connectivity index (χ0n) is 12.6. The van der Waals surface area contributed by atoms with Crippen LogP contribution in [0.4, 0.5) is 0 Å². The third-order valence-corrected chi connectivity index (χ3v) is 4.50. The molecule has 4 heteroatoms. The predicted octanol–water partition coefficient (Wildman–Crippen LogP) is 3.01. The minimum Gasteiger partial charge on any atom is -0.493 e. The molecule has 1 aliphatic carbocycles. The first-order chi connectivity index (χ1) is 10.3. The second kappa shape index (κ2) is 6.37. The van der Waals surface area contributed by atoms with Crippen molar-refractivity contribution in [3.05, 3.63) is 23.8 Å². The zero-order valence-corrected chi connectivity index (χ0v) is 12.6. The molecule has 1 unspecified atom stereocenters. The van der Waals surface area contributed by atoms with E-state index in [1.54, 1.807) is 7.11 Å². The van der Waals surface area contributed by atoms with Gasteiger partial charge in [0.2, 0.25) is 5.91 Å². The summed E-state index contributed by atoms with van der Waals surface area (Å²) in [6, 6.07) is 6.09. The molecule has 0 radical (unpaired) electrons. The fraction of sp³-hybridized carbons (Fsp3) is 0.588. The van der Waals surface area contributed by atoms with Gasteiger partial charge in [-0.3, -0.25) is 4.79 Å². The van der Waals surface area contributed by atoms with E-state index >= 15 is 0 Å². The second-order valence-corrected chi connectivity index (χ2v) is 5.97. The molecule has 3 rings (SSSR count). The highest BCUT2D eigenvalue weighted by Crippen LogP contribution is 2.36. The summed E-state index contributed by atoms with van der Waals surface area (Å²) in [4.78, 5) is 11.6. The van der Waals surface area contributed by atoms with Crippen molar-refractivity contribution < 1.29 is 14.3 Å². The Hall–Kier alpha value is -1.71. The number of hydrogen-bond acceptors (Lipinski definition) is 3. The first kappa shape index (κ1) is 14.2. The van der Waals surface area contributed by atoms with Crippen LogP contribution in [0.2, 0.25) is 0 Å². The lowest BCUT2D eigenvalue weighted by Crippen LogP contribution is -2.32. The van der Waals surface area contributed by atoms with E-state index in [4.69, 9.17) is 9.47 Å². The molecule has 21 heavy (non-hydrogen) atoms. The molecule has 1 aliphatic heterocycles. The van der Waals surface area contributed by atoms with E-state index in [2.05, 4.69) is 17.4 Å².